The van der Waals surface area contributed by atoms with Gasteiger partial charge in [0.05, 0.1) is 36.0 Å². The van der Waals surface area contributed by atoms with E-state index in [0.29, 0.717) is 13.0 Å². The summed E-state index contributed by atoms with van der Waals surface area (Å²) >= 11 is 0. The molecular weight excluding hydrogens is 334 g/mol. The van der Waals surface area contributed by atoms with E-state index < -0.39 is 0 Å². The number of hydrogen-bond donors (Lipinski definition) is 3. The van der Waals surface area contributed by atoms with Crippen molar-refractivity contribution in [3.63, 3.8) is 0 Å². The highest BCUT2D eigenvalue weighted by Gasteiger charge is 2.34. The fraction of sp³-hybridized carbons (Fsp3) is 0.588. The van der Waals surface area contributed by atoms with E-state index in [-0.39, 0.29) is 23.8 Å². The molecule has 0 saturated carbocycles. The second-order valence-corrected chi connectivity index (χ2v) is 7.07. The van der Waals surface area contributed by atoms with Gasteiger partial charge in [0.25, 0.3) is 0 Å². The highest BCUT2D eigenvalue weighted by Crippen LogP contribution is 2.28. The zero-order valence-corrected chi connectivity index (χ0v) is 14.8. The van der Waals surface area contributed by atoms with Crippen LogP contribution in [0.3, 0.4) is 0 Å². The molecule has 0 radical (unpaired) electrons. The second kappa shape index (κ2) is 6.89. The lowest BCUT2D eigenvalue weighted by molar-refractivity contribution is -0.138. The first-order valence-electron chi connectivity index (χ1n) is 9.09. The topological polar surface area (TPSA) is 120 Å². The van der Waals surface area contributed by atoms with Crippen molar-refractivity contribution in [2.75, 3.05) is 13.1 Å². The predicted octanol–water partition coefficient (Wildman–Crippen LogP) is 0.216. The van der Waals surface area contributed by atoms with Crippen LogP contribution >= 0.6 is 0 Å². The van der Waals surface area contributed by atoms with Crippen LogP contribution in [0.2, 0.25) is 0 Å². The minimum atomic E-state index is -0.240. The molecule has 3 heterocycles. The van der Waals surface area contributed by atoms with Crippen molar-refractivity contribution in [2.45, 2.75) is 51.0 Å². The van der Waals surface area contributed by atoms with Crippen molar-refractivity contribution < 1.29 is 9.59 Å². The Morgan fingerprint density at radius 3 is 2.96 bits per heavy atom. The van der Waals surface area contributed by atoms with Gasteiger partial charge in [0.2, 0.25) is 11.8 Å². The first kappa shape index (κ1) is 16.7. The Morgan fingerprint density at radius 1 is 1.35 bits per heavy atom. The number of fused-ring (bicyclic) bond motifs is 1. The second-order valence-electron chi connectivity index (χ2n) is 7.07. The van der Waals surface area contributed by atoms with E-state index >= 15 is 0 Å². The number of carbonyl (C=O) groups is 2. The van der Waals surface area contributed by atoms with Gasteiger partial charge >= 0.3 is 0 Å². The summed E-state index contributed by atoms with van der Waals surface area (Å²) in [5, 5.41) is 20.7. The molecular formula is C17H23N7O2. The van der Waals surface area contributed by atoms with Gasteiger partial charge < -0.3 is 10.2 Å². The van der Waals surface area contributed by atoms with Gasteiger partial charge in [-0.3, -0.25) is 14.7 Å². The quantitative estimate of drug-likeness (QED) is 0.707. The summed E-state index contributed by atoms with van der Waals surface area (Å²) in [7, 11) is 0. The lowest BCUT2D eigenvalue weighted by Gasteiger charge is -2.41. The normalized spacial score (nSPS) is 21.8. The number of H-pyrrole nitrogens is 2. The summed E-state index contributed by atoms with van der Waals surface area (Å²) in [5.41, 5.74) is 3.51. The van der Waals surface area contributed by atoms with E-state index in [1.807, 2.05) is 11.8 Å². The van der Waals surface area contributed by atoms with Crippen molar-refractivity contribution in [3.05, 3.63) is 28.8 Å². The molecule has 0 aromatic carbocycles. The number of rotatable bonds is 5. The Morgan fingerprint density at radius 2 is 2.23 bits per heavy atom. The first-order valence-corrected chi connectivity index (χ1v) is 9.09. The third-order valence-corrected chi connectivity index (χ3v) is 5.46. The monoisotopic (exact) mass is 357 g/mol. The highest BCUT2D eigenvalue weighted by molar-refractivity contribution is 5.84. The number of aromatic amines is 2. The zero-order valence-electron chi connectivity index (χ0n) is 14.8. The molecule has 1 aliphatic carbocycles. The molecule has 2 aliphatic rings. The van der Waals surface area contributed by atoms with Crippen molar-refractivity contribution in [3.8, 4) is 0 Å². The Bertz CT molecular complexity index is 812. The van der Waals surface area contributed by atoms with Gasteiger partial charge in [-0.1, -0.05) is 0 Å². The molecule has 9 heteroatoms. The van der Waals surface area contributed by atoms with Crippen LogP contribution in [-0.4, -0.2) is 61.5 Å². The van der Waals surface area contributed by atoms with Crippen LogP contribution in [0.4, 0.5) is 0 Å². The van der Waals surface area contributed by atoms with Crippen molar-refractivity contribution in [1.82, 2.24) is 35.8 Å². The van der Waals surface area contributed by atoms with Crippen molar-refractivity contribution >= 4 is 11.8 Å². The maximum absolute atomic E-state index is 12.6. The summed E-state index contributed by atoms with van der Waals surface area (Å²) < 4.78 is 0. The first-order chi connectivity index (χ1) is 12.6. The molecule has 1 aliphatic heterocycles. The van der Waals surface area contributed by atoms with Crippen LogP contribution < -0.4 is 5.32 Å². The third kappa shape index (κ3) is 3.09. The summed E-state index contributed by atoms with van der Waals surface area (Å²) in [6, 6.07) is 0.0685. The smallest absolute Gasteiger partial charge is 0.229 e. The SMILES string of the molecule is Cc1[nH]ncc1CC(=O)N1CCC1CNC(=O)C1CCCc2n[nH]nc21. The van der Waals surface area contributed by atoms with Gasteiger partial charge in [-0.25, -0.2) is 0 Å². The fourth-order valence-electron chi connectivity index (χ4n) is 3.73. The number of hydrogen-bond acceptors (Lipinski definition) is 5. The van der Waals surface area contributed by atoms with Crippen LogP contribution in [0, 0.1) is 6.92 Å². The Kier molecular flexibility index (Phi) is 4.44. The summed E-state index contributed by atoms with van der Waals surface area (Å²) in [6.45, 7) is 3.14. The molecule has 1 fully saturated rings. The average Bonchev–Trinajstić information content (AvgIpc) is 3.22. The lowest BCUT2D eigenvalue weighted by atomic mass is 9.89. The number of aryl methyl sites for hydroxylation is 2. The number of amides is 2. The Balaban J connectivity index is 1.31. The van der Waals surface area contributed by atoms with Crippen LogP contribution in [0.15, 0.2) is 6.20 Å². The fourth-order valence-corrected chi connectivity index (χ4v) is 3.73. The molecule has 2 atom stereocenters. The lowest BCUT2D eigenvalue weighted by Crippen LogP contribution is -2.56. The van der Waals surface area contributed by atoms with E-state index in [2.05, 4.69) is 30.9 Å². The van der Waals surface area contributed by atoms with E-state index in [1.54, 1.807) is 6.20 Å². The molecule has 26 heavy (non-hydrogen) atoms. The van der Waals surface area contributed by atoms with Gasteiger partial charge in [0.15, 0.2) is 0 Å². The number of aromatic nitrogens is 5. The average molecular weight is 357 g/mol. The number of nitrogens with one attached hydrogen (secondary N) is 3. The van der Waals surface area contributed by atoms with Gasteiger partial charge in [0.1, 0.15) is 0 Å². The largest absolute Gasteiger partial charge is 0.353 e. The van der Waals surface area contributed by atoms with E-state index in [4.69, 9.17) is 0 Å². The Hall–Kier alpha value is -2.71. The van der Waals surface area contributed by atoms with E-state index in [1.165, 1.54) is 0 Å². The summed E-state index contributed by atoms with van der Waals surface area (Å²) in [6.07, 6.45) is 5.55. The van der Waals surface area contributed by atoms with Gasteiger partial charge in [-0.05, 0) is 32.6 Å². The van der Waals surface area contributed by atoms with E-state index in [9.17, 15) is 9.59 Å². The minimum Gasteiger partial charge on any atom is -0.353 e. The standard InChI is InChI=1S/C17H23N7O2/c1-10-11(8-19-20-10)7-15(25)24-6-5-12(24)9-18-17(26)13-3-2-4-14-16(13)22-23-21-14/h8,12-13H,2-7,9H2,1H3,(H,18,26)(H,19,20)(H,21,22,23). The van der Waals surface area contributed by atoms with Crippen LogP contribution in [-0.2, 0) is 22.4 Å². The van der Waals surface area contributed by atoms with E-state index in [0.717, 1.165) is 54.9 Å². The molecule has 3 N–H and O–H groups in total. The van der Waals surface area contributed by atoms with Gasteiger partial charge in [0, 0.05) is 24.3 Å². The summed E-state index contributed by atoms with van der Waals surface area (Å²) in [4.78, 5) is 26.9. The number of likely N-dealkylation sites (tertiary alicyclic amines) is 1. The van der Waals surface area contributed by atoms with Gasteiger partial charge in [-0.15, -0.1) is 0 Å². The molecule has 9 nitrogen and oxygen atoms in total. The maximum atomic E-state index is 12.6. The minimum absolute atomic E-state index is 0.0233. The number of carbonyl (C=O) groups excluding carboxylic acids is 2. The van der Waals surface area contributed by atoms with Crippen molar-refractivity contribution in [2.24, 2.45) is 0 Å². The van der Waals surface area contributed by atoms with Gasteiger partial charge in [-0.2, -0.15) is 20.5 Å². The predicted molar refractivity (Wildman–Crippen MR) is 92.2 cm³/mol. The number of nitrogens with zero attached hydrogens (tertiary/aromatic N) is 4. The summed E-state index contributed by atoms with van der Waals surface area (Å²) in [5.74, 6) is -0.184. The molecule has 138 valence electrons. The maximum Gasteiger partial charge on any atom is 0.229 e. The third-order valence-electron chi connectivity index (χ3n) is 5.46. The van der Waals surface area contributed by atoms with Crippen LogP contribution in [0.25, 0.3) is 0 Å². The molecule has 0 bridgehead atoms. The Labute approximate surface area is 150 Å². The molecule has 2 amide bonds. The van der Waals surface area contributed by atoms with Crippen molar-refractivity contribution in [1.29, 1.82) is 0 Å². The highest BCUT2D eigenvalue weighted by atomic mass is 16.2. The molecule has 1 saturated heterocycles. The molecule has 2 unspecified atom stereocenters. The molecule has 4 rings (SSSR count). The zero-order chi connectivity index (χ0) is 18.1. The molecule has 2 aromatic heterocycles. The van der Waals surface area contributed by atoms with Crippen LogP contribution in [0.5, 0.6) is 0 Å². The molecule has 0 spiro atoms. The molecule has 2 aromatic rings. The van der Waals surface area contributed by atoms with Crippen LogP contribution in [0.1, 0.15) is 47.8 Å².